The van der Waals surface area contributed by atoms with Gasteiger partial charge in [0.05, 0.1) is 5.56 Å². The number of nitrogens with one attached hydrogen (secondary N) is 2. The fraction of sp³-hybridized carbons (Fsp3) is 0.0968. The van der Waals surface area contributed by atoms with Crippen LogP contribution in [0.3, 0.4) is 0 Å². The number of allylic oxidation sites excluding steroid dienone is 3. The van der Waals surface area contributed by atoms with Gasteiger partial charge < -0.3 is 20.8 Å². The molecular formula is C31H26BrN3O3. The largest absolute Gasteiger partial charge is 0.507 e. The molecule has 190 valence electrons. The van der Waals surface area contributed by atoms with Gasteiger partial charge in [-0.05, 0) is 74.1 Å². The van der Waals surface area contributed by atoms with Crippen molar-refractivity contribution in [3.63, 3.8) is 0 Å². The monoisotopic (exact) mass is 567 g/mol. The quantitative estimate of drug-likeness (QED) is 0.221. The van der Waals surface area contributed by atoms with Gasteiger partial charge in [0, 0.05) is 47.6 Å². The van der Waals surface area contributed by atoms with E-state index in [0.29, 0.717) is 19.5 Å². The zero-order chi connectivity index (χ0) is 26.5. The Balaban J connectivity index is 1.28. The van der Waals surface area contributed by atoms with Crippen LogP contribution in [0, 0.1) is 0 Å². The van der Waals surface area contributed by atoms with Crippen molar-refractivity contribution in [2.45, 2.75) is 19.5 Å². The second-order valence-electron chi connectivity index (χ2n) is 9.03. The van der Waals surface area contributed by atoms with E-state index < -0.39 is 0 Å². The van der Waals surface area contributed by atoms with Gasteiger partial charge in [-0.2, -0.15) is 0 Å². The molecule has 1 aromatic heterocycles. The number of phenols is 2. The van der Waals surface area contributed by atoms with Gasteiger partial charge in [-0.3, -0.25) is 9.78 Å². The summed E-state index contributed by atoms with van der Waals surface area (Å²) < 4.78 is 0.905. The lowest BCUT2D eigenvalue weighted by Gasteiger charge is -2.13. The summed E-state index contributed by atoms with van der Waals surface area (Å²) in [4.78, 5) is 16.7. The van der Waals surface area contributed by atoms with Crippen molar-refractivity contribution in [1.82, 2.24) is 15.6 Å². The van der Waals surface area contributed by atoms with E-state index in [0.717, 1.165) is 43.6 Å². The minimum atomic E-state index is -0.316. The fourth-order valence-corrected chi connectivity index (χ4v) is 4.84. The van der Waals surface area contributed by atoms with Crippen LogP contribution in [0.5, 0.6) is 11.5 Å². The number of fused-ring (bicyclic) bond motifs is 1. The van der Waals surface area contributed by atoms with E-state index in [-0.39, 0.29) is 23.0 Å². The van der Waals surface area contributed by atoms with Crippen molar-refractivity contribution in [3.8, 4) is 11.5 Å². The number of aromatic hydroxyl groups is 2. The van der Waals surface area contributed by atoms with Crippen molar-refractivity contribution < 1.29 is 15.0 Å². The molecule has 0 saturated heterocycles. The molecule has 4 N–H and O–H groups in total. The van der Waals surface area contributed by atoms with Crippen LogP contribution < -0.4 is 10.6 Å². The minimum absolute atomic E-state index is 0.0366. The maximum Gasteiger partial charge on any atom is 0.255 e. The van der Waals surface area contributed by atoms with Crippen molar-refractivity contribution in [2.75, 3.05) is 0 Å². The van der Waals surface area contributed by atoms with E-state index in [9.17, 15) is 15.0 Å². The van der Waals surface area contributed by atoms with Crippen LogP contribution in [-0.4, -0.2) is 21.1 Å². The first-order valence-electron chi connectivity index (χ1n) is 12.2. The van der Waals surface area contributed by atoms with Crippen molar-refractivity contribution >= 4 is 33.5 Å². The summed E-state index contributed by atoms with van der Waals surface area (Å²) in [7, 11) is 0. The molecule has 0 unspecified atom stereocenters. The van der Waals surface area contributed by atoms with Gasteiger partial charge in [0.2, 0.25) is 0 Å². The maximum atomic E-state index is 12.4. The highest BCUT2D eigenvalue weighted by Gasteiger charge is 2.16. The number of hydrogen-bond donors (Lipinski definition) is 4. The molecule has 1 aliphatic carbocycles. The van der Waals surface area contributed by atoms with Crippen LogP contribution in [0.4, 0.5) is 0 Å². The van der Waals surface area contributed by atoms with Crippen LogP contribution in [-0.2, 0) is 19.5 Å². The summed E-state index contributed by atoms with van der Waals surface area (Å²) in [6.45, 7) is 0.973. The zero-order valence-corrected chi connectivity index (χ0v) is 22.1. The average molecular weight is 568 g/mol. The van der Waals surface area contributed by atoms with E-state index in [2.05, 4.69) is 43.7 Å². The number of halogens is 1. The molecule has 0 saturated carbocycles. The summed E-state index contributed by atoms with van der Waals surface area (Å²) in [5.41, 5.74) is 7.11. The molecule has 0 spiro atoms. The zero-order valence-electron chi connectivity index (χ0n) is 20.5. The number of aromatic nitrogens is 1. The Labute approximate surface area is 229 Å². The molecule has 0 atom stereocenters. The molecule has 3 aromatic carbocycles. The molecule has 6 nitrogen and oxygen atoms in total. The molecule has 7 heteroatoms. The molecule has 5 rings (SSSR count). The van der Waals surface area contributed by atoms with Gasteiger partial charge in [-0.15, -0.1) is 0 Å². The van der Waals surface area contributed by atoms with E-state index in [1.54, 1.807) is 30.5 Å². The normalized spacial score (nSPS) is 12.6. The number of carbonyl (C=O) groups is 1. The van der Waals surface area contributed by atoms with Crippen LogP contribution in [0.25, 0.3) is 11.6 Å². The van der Waals surface area contributed by atoms with Gasteiger partial charge >= 0.3 is 0 Å². The summed E-state index contributed by atoms with van der Waals surface area (Å²) in [5.74, 6) is -0.123. The summed E-state index contributed by atoms with van der Waals surface area (Å²) in [6, 6.07) is 21.8. The number of amides is 1. The highest BCUT2D eigenvalue weighted by atomic mass is 79.9. The Morgan fingerprint density at radius 3 is 2.26 bits per heavy atom. The second-order valence-corrected chi connectivity index (χ2v) is 9.88. The minimum Gasteiger partial charge on any atom is -0.507 e. The average Bonchev–Trinajstić information content (AvgIpc) is 3.12. The number of carbonyl (C=O) groups excluding carboxylic acids is 1. The number of rotatable bonds is 7. The Hall–Kier alpha value is -4.36. The summed E-state index contributed by atoms with van der Waals surface area (Å²) in [6.07, 6.45) is 8.47. The van der Waals surface area contributed by atoms with Gasteiger partial charge in [0.15, 0.2) is 0 Å². The predicted molar refractivity (Wildman–Crippen MR) is 152 cm³/mol. The van der Waals surface area contributed by atoms with E-state index in [1.807, 2.05) is 48.7 Å². The summed E-state index contributed by atoms with van der Waals surface area (Å²) >= 11 is 3.62. The standard InChI is InChI=1S/C31H26BrN3O3/c32-28-19-33-18-23-14-24(13-22(15-27(23)28)25-5-1-3-7-29(25)36)34-16-20-9-11-21(12-10-20)17-35-31(38)26-6-2-4-8-30(26)37/h1-13,15,18-19,34,36-37H,14,16-17H2,(H,35,38). The van der Waals surface area contributed by atoms with Gasteiger partial charge in [-0.1, -0.05) is 54.6 Å². The Kier molecular flexibility index (Phi) is 7.56. The van der Waals surface area contributed by atoms with Crippen molar-refractivity contribution in [3.05, 3.63) is 135 Å². The van der Waals surface area contributed by atoms with Crippen LogP contribution in [0.2, 0.25) is 0 Å². The maximum absolute atomic E-state index is 12.4. The Morgan fingerprint density at radius 2 is 1.53 bits per heavy atom. The Bertz CT molecular complexity index is 1540. The number of nitrogens with zero attached hydrogens (tertiary/aromatic N) is 1. The number of phenolic OH excluding ortho intramolecular Hbond substituents is 2. The highest BCUT2D eigenvalue weighted by molar-refractivity contribution is 9.10. The molecule has 4 aromatic rings. The molecule has 1 aliphatic rings. The SMILES string of the molecule is O=C(NCc1ccc(CNC2=CC(c3ccccc3O)=Cc3c(Br)cncc3C2)cc1)c1ccccc1O. The third kappa shape index (κ3) is 5.79. The smallest absolute Gasteiger partial charge is 0.255 e. The first-order valence-corrected chi connectivity index (χ1v) is 13.0. The van der Waals surface area contributed by atoms with E-state index in [4.69, 9.17) is 0 Å². The van der Waals surface area contributed by atoms with E-state index >= 15 is 0 Å². The third-order valence-electron chi connectivity index (χ3n) is 6.39. The van der Waals surface area contributed by atoms with Crippen molar-refractivity contribution in [1.29, 1.82) is 0 Å². The van der Waals surface area contributed by atoms with Crippen molar-refractivity contribution in [2.24, 2.45) is 0 Å². The number of benzene rings is 3. The first-order chi connectivity index (χ1) is 18.5. The first kappa shape index (κ1) is 25.3. The number of para-hydroxylation sites is 2. The third-order valence-corrected chi connectivity index (χ3v) is 7.02. The van der Waals surface area contributed by atoms with Crippen LogP contribution in [0.1, 0.15) is 38.2 Å². The molecule has 0 bridgehead atoms. The molecule has 0 aliphatic heterocycles. The molecule has 0 fully saturated rings. The summed E-state index contributed by atoms with van der Waals surface area (Å²) in [5, 5.41) is 26.8. The molecule has 38 heavy (non-hydrogen) atoms. The second kappa shape index (κ2) is 11.4. The van der Waals surface area contributed by atoms with E-state index in [1.165, 1.54) is 6.07 Å². The molecule has 0 radical (unpaired) electrons. The van der Waals surface area contributed by atoms with Gasteiger partial charge in [0.25, 0.3) is 5.91 Å². The van der Waals surface area contributed by atoms with Crippen LogP contribution >= 0.6 is 15.9 Å². The molecular weight excluding hydrogens is 542 g/mol. The predicted octanol–water partition coefficient (Wildman–Crippen LogP) is 5.96. The number of pyridine rings is 1. The molecule has 1 heterocycles. The van der Waals surface area contributed by atoms with Crippen LogP contribution in [0.15, 0.2) is 101 Å². The fourth-order valence-electron chi connectivity index (χ4n) is 4.35. The lowest BCUT2D eigenvalue weighted by atomic mass is 10.0. The lowest BCUT2D eigenvalue weighted by Crippen LogP contribution is -2.22. The Morgan fingerprint density at radius 1 is 0.842 bits per heavy atom. The molecule has 1 amide bonds. The highest BCUT2D eigenvalue weighted by Crippen LogP contribution is 2.34. The lowest BCUT2D eigenvalue weighted by molar-refractivity contribution is 0.0948. The van der Waals surface area contributed by atoms with Gasteiger partial charge in [-0.25, -0.2) is 0 Å². The van der Waals surface area contributed by atoms with Gasteiger partial charge in [0.1, 0.15) is 11.5 Å². The topological polar surface area (TPSA) is 94.5 Å². The number of hydrogen-bond acceptors (Lipinski definition) is 5.